The quantitative estimate of drug-likeness (QED) is 0.617. The predicted octanol–water partition coefficient (Wildman–Crippen LogP) is 2.21. The van der Waals surface area contributed by atoms with Gasteiger partial charge in [0.15, 0.2) is 5.96 Å². The summed E-state index contributed by atoms with van der Waals surface area (Å²) in [6.45, 7) is 0.881. The number of thiazole rings is 1. The fourth-order valence-electron chi connectivity index (χ4n) is 4.08. The molecule has 3 heterocycles. The van der Waals surface area contributed by atoms with Crippen molar-refractivity contribution < 1.29 is 5.11 Å². The monoisotopic (exact) mass is 398 g/mol. The van der Waals surface area contributed by atoms with Crippen LogP contribution in [0, 0.1) is 5.92 Å². The Morgan fingerprint density at radius 2 is 2.11 bits per heavy atom. The maximum atomic E-state index is 9.48. The number of pyridine rings is 1. The molecule has 1 aliphatic heterocycles. The fraction of sp³-hybridized carbons (Fsp3) is 0.550. The third-order valence-corrected chi connectivity index (χ3v) is 7.08. The van der Waals surface area contributed by atoms with E-state index in [0.29, 0.717) is 24.5 Å². The van der Waals surface area contributed by atoms with E-state index in [9.17, 15) is 5.11 Å². The smallest absolute Gasteiger partial charge is 0.197 e. The first kappa shape index (κ1) is 17.9. The Kier molecular flexibility index (Phi) is 4.90. The summed E-state index contributed by atoms with van der Waals surface area (Å²) in [5, 5.41) is 21.2. The molecule has 0 bridgehead atoms. The Hall–Kier alpha value is -2.19. The van der Waals surface area contributed by atoms with Crippen molar-refractivity contribution in [1.82, 2.24) is 25.9 Å². The lowest BCUT2D eigenvalue weighted by molar-refractivity contribution is 0.228. The predicted molar refractivity (Wildman–Crippen MR) is 112 cm³/mol. The average Bonchev–Trinajstić information content (AvgIpc) is 3.31. The van der Waals surface area contributed by atoms with Gasteiger partial charge in [-0.3, -0.25) is 4.98 Å². The molecule has 0 amide bonds. The third kappa shape index (κ3) is 3.58. The number of nitrogens with zero attached hydrogens (tertiary/aromatic N) is 3. The summed E-state index contributed by atoms with van der Waals surface area (Å²) in [6.07, 6.45) is 10.5. The maximum absolute atomic E-state index is 9.48. The van der Waals surface area contributed by atoms with E-state index >= 15 is 0 Å². The molecule has 0 saturated heterocycles. The van der Waals surface area contributed by atoms with E-state index in [0.717, 1.165) is 51.8 Å². The van der Waals surface area contributed by atoms with Crippen LogP contribution in [0.5, 0.6) is 0 Å². The first-order valence-electron chi connectivity index (χ1n) is 10.2. The highest BCUT2D eigenvalue weighted by molar-refractivity contribution is 7.19. The van der Waals surface area contributed by atoms with Crippen molar-refractivity contribution in [2.45, 2.75) is 50.6 Å². The lowest BCUT2D eigenvalue weighted by atomic mass is 9.93. The number of aromatic nitrogens is 2. The third-order valence-electron chi connectivity index (χ3n) is 5.98. The summed E-state index contributed by atoms with van der Waals surface area (Å²) in [4.78, 5) is 13.7. The van der Waals surface area contributed by atoms with Gasteiger partial charge >= 0.3 is 0 Å². The van der Waals surface area contributed by atoms with Crippen molar-refractivity contribution >= 4 is 33.1 Å². The van der Waals surface area contributed by atoms with Crippen LogP contribution in [0.1, 0.15) is 43.5 Å². The molecular formula is C20H26N6OS. The molecule has 2 aromatic rings. The second-order valence-electron chi connectivity index (χ2n) is 7.98. The molecule has 148 valence electrons. The summed E-state index contributed by atoms with van der Waals surface area (Å²) in [5.41, 5.74) is 2.03. The van der Waals surface area contributed by atoms with Gasteiger partial charge in [0.05, 0.1) is 17.4 Å². The average molecular weight is 399 g/mol. The number of fused-ring (bicyclic) bond motifs is 1. The maximum Gasteiger partial charge on any atom is 0.197 e. The van der Waals surface area contributed by atoms with Crippen LogP contribution >= 0.6 is 11.3 Å². The Morgan fingerprint density at radius 3 is 2.86 bits per heavy atom. The molecular weight excluding hydrogens is 372 g/mol. The number of aliphatic imine (C=N–C) groups is 1. The van der Waals surface area contributed by atoms with Crippen molar-refractivity contribution in [1.29, 1.82) is 0 Å². The van der Waals surface area contributed by atoms with E-state index in [4.69, 9.17) is 9.98 Å². The molecule has 2 unspecified atom stereocenters. The molecule has 0 aromatic carbocycles. The highest BCUT2D eigenvalue weighted by atomic mass is 32.1. The molecule has 5 rings (SSSR count). The van der Waals surface area contributed by atoms with Crippen LogP contribution in [-0.2, 0) is 0 Å². The molecule has 2 saturated carbocycles. The van der Waals surface area contributed by atoms with Crippen LogP contribution in [0.25, 0.3) is 15.8 Å². The number of nitrogens with one attached hydrogen (secondary N) is 3. The second kappa shape index (κ2) is 7.67. The van der Waals surface area contributed by atoms with E-state index in [1.54, 1.807) is 11.3 Å². The molecule has 0 spiro atoms. The van der Waals surface area contributed by atoms with Gasteiger partial charge in [-0.2, -0.15) is 0 Å². The lowest BCUT2D eigenvalue weighted by Gasteiger charge is -2.31. The highest BCUT2D eigenvalue weighted by Crippen LogP contribution is 2.31. The molecule has 2 atom stereocenters. The van der Waals surface area contributed by atoms with Gasteiger partial charge < -0.3 is 21.1 Å². The Bertz CT molecular complexity index is 885. The summed E-state index contributed by atoms with van der Waals surface area (Å²) in [7, 11) is 0. The zero-order valence-corrected chi connectivity index (χ0v) is 16.6. The summed E-state index contributed by atoms with van der Waals surface area (Å²) in [6, 6.07) is 2.91. The number of aliphatic hydroxyl groups is 1. The summed E-state index contributed by atoms with van der Waals surface area (Å²) < 4.78 is 1.14. The highest BCUT2D eigenvalue weighted by Gasteiger charge is 2.28. The van der Waals surface area contributed by atoms with E-state index < -0.39 is 0 Å². The van der Waals surface area contributed by atoms with Crippen molar-refractivity contribution in [3.05, 3.63) is 29.3 Å². The minimum Gasteiger partial charge on any atom is -0.396 e. The molecule has 4 N–H and O–H groups in total. The van der Waals surface area contributed by atoms with E-state index in [2.05, 4.69) is 20.9 Å². The van der Waals surface area contributed by atoms with Gasteiger partial charge in [-0.05, 0) is 50.5 Å². The fourth-order valence-corrected chi connectivity index (χ4v) is 5.05. The number of aliphatic hydroxyl groups excluding tert-OH is 1. The Balaban J connectivity index is 1.41. The largest absolute Gasteiger partial charge is 0.396 e. The zero-order valence-electron chi connectivity index (χ0n) is 15.8. The second-order valence-corrected chi connectivity index (χ2v) is 9.01. The molecule has 8 heteroatoms. The van der Waals surface area contributed by atoms with E-state index in [1.807, 2.05) is 18.5 Å². The number of hydrogen-bond acceptors (Lipinski definition) is 8. The molecule has 2 fully saturated rings. The Morgan fingerprint density at radius 1 is 1.18 bits per heavy atom. The van der Waals surface area contributed by atoms with Gasteiger partial charge in [0, 0.05) is 30.5 Å². The van der Waals surface area contributed by atoms with Gasteiger partial charge in [-0.15, -0.1) is 11.3 Å². The lowest BCUT2D eigenvalue weighted by Crippen LogP contribution is -2.50. The molecule has 7 nitrogen and oxygen atoms in total. The van der Waals surface area contributed by atoms with E-state index in [1.165, 1.54) is 19.3 Å². The number of rotatable bonds is 5. The number of hydrogen-bond donors (Lipinski definition) is 4. The van der Waals surface area contributed by atoms with Gasteiger partial charge in [-0.1, -0.05) is 0 Å². The SMILES string of the molecule is OCC1CCC(NC2=C(c3nc4cnccc4s3)CN=C(NC3CCC3)N2)C1. The summed E-state index contributed by atoms with van der Waals surface area (Å²) >= 11 is 1.68. The van der Waals surface area contributed by atoms with Crippen LogP contribution < -0.4 is 16.0 Å². The summed E-state index contributed by atoms with van der Waals surface area (Å²) in [5.74, 6) is 2.27. The topological polar surface area (TPSA) is 94.5 Å². The molecule has 3 aliphatic rings. The van der Waals surface area contributed by atoms with Crippen LogP contribution in [0.2, 0.25) is 0 Å². The normalized spacial score (nSPS) is 25.4. The molecule has 28 heavy (non-hydrogen) atoms. The van der Waals surface area contributed by atoms with Gasteiger partial charge in [0.2, 0.25) is 0 Å². The minimum atomic E-state index is 0.276. The van der Waals surface area contributed by atoms with Crippen molar-refractivity contribution in [3.63, 3.8) is 0 Å². The van der Waals surface area contributed by atoms with Crippen molar-refractivity contribution in [2.75, 3.05) is 13.2 Å². The van der Waals surface area contributed by atoms with Crippen LogP contribution in [0.4, 0.5) is 0 Å². The first-order valence-corrected chi connectivity index (χ1v) is 11.0. The van der Waals surface area contributed by atoms with E-state index in [-0.39, 0.29) is 6.61 Å². The molecule has 2 aromatic heterocycles. The van der Waals surface area contributed by atoms with Crippen LogP contribution in [0.3, 0.4) is 0 Å². The standard InChI is InChI=1S/C20H26N6OS/c27-11-12-4-5-14(8-12)23-18-15(9-22-20(26-18)24-13-2-1-3-13)19-25-16-10-21-7-6-17(16)28-19/h6-7,10,12-14,23,27H,1-5,8-9,11H2,(H2,22,24,26). The van der Waals surface area contributed by atoms with Gasteiger partial charge in [0.25, 0.3) is 0 Å². The van der Waals surface area contributed by atoms with Gasteiger partial charge in [0.1, 0.15) is 16.3 Å². The molecule has 0 radical (unpaired) electrons. The number of guanidine groups is 1. The minimum absolute atomic E-state index is 0.276. The van der Waals surface area contributed by atoms with Crippen molar-refractivity contribution in [2.24, 2.45) is 10.9 Å². The van der Waals surface area contributed by atoms with Crippen molar-refractivity contribution in [3.8, 4) is 0 Å². The van der Waals surface area contributed by atoms with Gasteiger partial charge in [-0.25, -0.2) is 9.98 Å². The molecule has 2 aliphatic carbocycles. The Labute approximate surface area is 168 Å². The zero-order chi connectivity index (χ0) is 18.9. The van der Waals surface area contributed by atoms with Crippen LogP contribution in [-0.4, -0.2) is 46.3 Å². The first-order chi connectivity index (χ1) is 13.8. The van der Waals surface area contributed by atoms with Crippen LogP contribution in [0.15, 0.2) is 29.3 Å².